The Morgan fingerprint density at radius 2 is 1.55 bits per heavy atom. The van der Waals surface area contributed by atoms with Crippen LogP contribution in [0.3, 0.4) is 0 Å². The third kappa shape index (κ3) is 9.65. The monoisotopic (exact) mass is 517 g/mol. The van der Waals surface area contributed by atoms with Gasteiger partial charge in [0.15, 0.2) is 5.60 Å². The van der Waals surface area contributed by atoms with Gasteiger partial charge in [0.25, 0.3) is 0 Å². The second kappa shape index (κ2) is 11.2. The van der Waals surface area contributed by atoms with Gasteiger partial charge in [0.1, 0.15) is 12.7 Å². The van der Waals surface area contributed by atoms with Gasteiger partial charge in [-0.15, -0.1) is 0 Å². The number of carbonyl (C=O) groups excluding carboxylic acids is 2. The van der Waals surface area contributed by atoms with E-state index in [2.05, 4.69) is 0 Å². The van der Waals surface area contributed by atoms with Gasteiger partial charge in [-0.2, -0.15) is 26.3 Å². The first kappa shape index (κ1) is 31.4. The van der Waals surface area contributed by atoms with Crippen LogP contribution in [-0.2, 0) is 29.1 Å². The summed E-state index contributed by atoms with van der Waals surface area (Å²) in [6.07, 6.45) is -7.18. The SMILES string of the molecule is CCC(CC(C)(C)C(=O)OC(C)CC(C)(O)C(F)(F)F)C(=O)OCCNS(=O)(=O)C(F)(F)F. The van der Waals surface area contributed by atoms with E-state index in [-0.39, 0.29) is 12.8 Å². The summed E-state index contributed by atoms with van der Waals surface area (Å²) >= 11 is 0. The van der Waals surface area contributed by atoms with E-state index in [1.165, 1.54) is 25.5 Å². The predicted octanol–water partition coefficient (Wildman–Crippen LogP) is 3.05. The Labute approximate surface area is 188 Å². The van der Waals surface area contributed by atoms with Crippen molar-refractivity contribution in [3.8, 4) is 0 Å². The van der Waals surface area contributed by atoms with Crippen LogP contribution in [0.2, 0.25) is 0 Å². The molecule has 0 aliphatic heterocycles. The van der Waals surface area contributed by atoms with Crippen molar-refractivity contribution < 1.29 is 58.9 Å². The molecule has 0 aliphatic rings. The number of carbonyl (C=O) groups is 2. The molecule has 0 aromatic heterocycles. The highest BCUT2D eigenvalue weighted by molar-refractivity contribution is 7.90. The first-order valence-electron chi connectivity index (χ1n) is 9.80. The summed E-state index contributed by atoms with van der Waals surface area (Å²) in [5.41, 5.74) is -9.96. The number of nitrogens with one attached hydrogen (secondary N) is 1. The van der Waals surface area contributed by atoms with E-state index in [0.29, 0.717) is 6.92 Å². The van der Waals surface area contributed by atoms with Crippen molar-refractivity contribution in [2.24, 2.45) is 11.3 Å². The minimum Gasteiger partial charge on any atom is -0.464 e. The Morgan fingerprint density at radius 1 is 1.03 bits per heavy atom. The fourth-order valence-electron chi connectivity index (χ4n) is 2.68. The molecule has 0 aliphatic carbocycles. The Morgan fingerprint density at radius 3 is 1.97 bits per heavy atom. The molecular formula is C18H29F6NO7S. The van der Waals surface area contributed by atoms with Gasteiger partial charge < -0.3 is 14.6 Å². The zero-order valence-electron chi connectivity index (χ0n) is 18.8. The van der Waals surface area contributed by atoms with Crippen molar-refractivity contribution in [3.05, 3.63) is 0 Å². The second-order valence-corrected chi connectivity index (χ2v) is 10.2. The number of alkyl halides is 6. The van der Waals surface area contributed by atoms with E-state index in [4.69, 9.17) is 9.47 Å². The molecular weight excluding hydrogens is 488 g/mol. The largest absolute Gasteiger partial charge is 0.511 e. The number of ether oxygens (including phenoxy) is 2. The Hall–Kier alpha value is -1.61. The van der Waals surface area contributed by atoms with Crippen LogP contribution in [-0.4, -0.2) is 62.0 Å². The Kier molecular flexibility index (Phi) is 10.7. The minimum atomic E-state index is -5.59. The molecule has 8 nitrogen and oxygen atoms in total. The fraction of sp³-hybridized carbons (Fsp3) is 0.889. The lowest BCUT2D eigenvalue weighted by Gasteiger charge is -2.31. The number of sulfonamides is 1. The maximum Gasteiger partial charge on any atom is 0.511 e. The summed E-state index contributed by atoms with van der Waals surface area (Å²) in [6, 6.07) is 0. The van der Waals surface area contributed by atoms with Gasteiger partial charge in [-0.05, 0) is 40.5 Å². The molecule has 0 rings (SSSR count). The number of aliphatic hydroxyl groups is 1. The maximum atomic E-state index is 12.8. The van der Waals surface area contributed by atoms with Crippen molar-refractivity contribution in [3.63, 3.8) is 0 Å². The van der Waals surface area contributed by atoms with Gasteiger partial charge in [0.2, 0.25) is 0 Å². The Balaban J connectivity index is 4.88. The van der Waals surface area contributed by atoms with Crippen LogP contribution in [0.25, 0.3) is 0 Å². The molecule has 0 aromatic carbocycles. The molecule has 0 bridgehead atoms. The molecule has 2 N–H and O–H groups in total. The van der Waals surface area contributed by atoms with Crippen molar-refractivity contribution in [2.75, 3.05) is 13.2 Å². The molecule has 0 spiro atoms. The van der Waals surface area contributed by atoms with Crippen molar-refractivity contribution >= 4 is 22.0 Å². The van der Waals surface area contributed by atoms with Crippen LogP contribution in [0, 0.1) is 11.3 Å². The summed E-state index contributed by atoms with van der Waals surface area (Å²) in [4.78, 5) is 24.6. The lowest BCUT2D eigenvalue weighted by molar-refractivity contribution is -0.261. The standard InChI is InChI=1S/C18H29F6NO7S/c1-6-12(13(26)31-8-7-25-33(29,30)18(22,23)24)10-15(3,4)14(27)32-11(2)9-16(5,28)17(19,20)21/h11-12,25,28H,6-10H2,1-5H3. The summed E-state index contributed by atoms with van der Waals surface area (Å²) < 4.78 is 108. The van der Waals surface area contributed by atoms with Gasteiger partial charge in [-0.25, -0.2) is 13.1 Å². The van der Waals surface area contributed by atoms with Gasteiger partial charge in [-0.3, -0.25) is 9.59 Å². The lowest BCUT2D eigenvalue weighted by Crippen LogP contribution is -2.45. The summed E-state index contributed by atoms with van der Waals surface area (Å²) in [5.74, 6) is -2.77. The Bertz CT molecular complexity index is 778. The molecule has 0 amide bonds. The van der Waals surface area contributed by atoms with Crippen LogP contribution in [0.15, 0.2) is 0 Å². The smallest absolute Gasteiger partial charge is 0.464 e. The van der Waals surface area contributed by atoms with E-state index < -0.39 is 76.3 Å². The number of halogens is 6. The fourth-order valence-corrected chi connectivity index (χ4v) is 3.20. The van der Waals surface area contributed by atoms with Gasteiger partial charge >= 0.3 is 33.6 Å². The molecule has 33 heavy (non-hydrogen) atoms. The molecule has 0 saturated carbocycles. The average Bonchev–Trinajstić information content (AvgIpc) is 2.60. The van der Waals surface area contributed by atoms with Crippen LogP contribution in [0.4, 0.5) is 26.3 Å². The molecule has 0 heterocycles. The van der Waals surface area contributed by atoms with Crippen molar-refractivity contribution in [2.45, 2.75) is 77.3 Å². The zero-order valence-corrected chi connectivity index (χ0v) is 19.6. The van der Waals surface area contributed by atoms with Crippen LogP contribution < -0.4 is 4.72 Å². The van der Waals surface area contributed by atoms with Crippen LogP contribution >= 0.6 is 0 Å². The number of esters is 2. The second-order valence-electron chi connectivity index (χ2n) is 8.40. The maximum absolute atomic E-state index is 12.8. The van der Waals surface area contributed by atoms with E-state index in [1.807, 2.05) is 0 Å². The number of rotatable bonds is 12. The molecule has 196 valence electrons. The number of hydrogen-bond donors (Lipinski definition) is 2. The molecule has 15 heteroatoms. The summed E-state index contributed by atoms with van der Waals surface area (Å²) in [6.45, 7) is 4.49. The highest BCUT2D eigenvalue weighted by Gasteiger charge is 2.51. The first-order valence-corrected chi connectivity index (χ1v) is 11.3. The van der Waals surface area contributed by atoms with Gasteiger partial charge in [0.05, 0.1) is 11.3 Å². The zero-order chi connectivity index (χ0) is 26.5. The van der Waals surface area contributed by atoms with Crippen molar-refractivity contribution in [1.82, 2.24) is 4.72 Å². The van der Waals surface area contributed by atoms with Crippen LogP contribution in [0.1, 0.15) is 53.9 Å². The normalized spacial score (nSPS) is 17.1. The predicted molar refractivity (Wildman–Crippen MR) is 103 cm³/mol. The van der Waals surface area contributed by atoms with Gasteiger partial charge in [0, 0.05) is 13.0 Å². The number of hydrogen-bond acceptors (Lipinski definition) is 7. The molecule has 3 unspecified atom stereocenters. The third-order valence-electron chi connectivity index (χ3n) is 4.68. The van der Waals surface area contributed by atoms with Gasteiger partial charge in [-0.1, -0.05) is 6.92 Å². The molecule has 0 saturated heterocycles. The van der Waals surface area contributed by atoms with Crippen molar-refractivity contribution in [1.29, 1.82) is 0 Å². The minimum absolute atomic E-state index is 0.141. The summed E-state index contributed by atoms with van der Waals surface area (Å²) in [5, 5.41) is 9.51. The molecule has 3 atom stereocenters. The summed E-state index contributed by atoms with van der Waals surface area (Å²) in [7, 11) is -5.59. The molecule has 0 aromatic rings. The highest BCUT2D eigenvalue weighted by atomic mass is 32.2. The van der Waals surface area contributed by atoms with E-state index in [1.54, 1.807) is 6.92 Å². The lowest BCUT2D eigenvalue weighted by atomic mass is 9.81. The van der Waals surface area contributed by atoms with E-state index in [0.717, 1.165) is 0 Å². The molecule has 0 radical (unpaired) electrons. The molecule has 0 fully saturated rings. The third-order valence-corrected chi connectivity index (χ3v) is 5.88. The van der Waals surface area contributed by atoms with E-state index in [9.17, 15) is 49.5 Å². The van der Waals surface area contributed by atoms with E-state index >= 15 is 0 Å². The topological polar surface area (TPSA) is 119 Å². The average molecular weight is 517 g/mol. The first-order chi connectivity index (χ1) is 14.6. The highest BCUT2D eigenvalue weighted by Crippen LogP contribution is 2.35. The van der Waals surface area contributed by atoms with Crippen LogP contribution in [0.5, 0.6) is 0 Å². The quantitative estimate of drug-likeness (QED) is 0.232.